The summed E-state index contributed by atoms with van der Waals surface area (Å²) in [5.41, 5.74) is 3.51. The molecule has 29 heavy (non-hydrogen) atoms. The van der Waals surface area contributed by atoms with Crippen LogP contribution in [0.1, 0.15) is 40.7 Å². The Balaban J connectivity index is 1.64. The quantitative estimate of drug-likeness (QED) is 0.398. The molecular weight excluding hydrogens is 368 g/mol. The molecule has 0 fully saturated rings. The number of carbonyl (C=O) groups excluding carboxylic acids is 2. The van der Waals surface area contributed by atoms with E-state index in [1.807, 2.05) is 43.3 Å². The Hall–Kier alpha value is -3.35. The molecule has 7 nitrogen and oxygen atoms in total. The topological polar surface area (TPSA) is 91.8 Å². The summed E-state index contributed by atoms with van der Waals surface area (Å²) in [4.78, 5) is 28.1. The van der Waals surface area contributed by atoms with Crippen LogP contribution in [0.15, 0.2) is 53.5 Å². The van der Waals surface area contributed by atoms with E-state index in [4.69, 9.17) is 4.74 Å². The summed E-state index contributed by atoms with van der Waals surface area (Å²) < 4.78 is 4.71. The summed E-state index contributed by atoms with van der Waals surface area (Å²) >= 11 is 0. The van der Waals surface area contributed by atoms with Crippen molar-refractivity contribution in [2.75, 3.05) is 25.5 Å². The summed E-state index contributed by atoms with van der Waals surface area (Å²) in [5.74, 6) is 0.450. The molecule has 3 rings (SSSR count). The van der Waals surface area contributed by atoms with Crippen LogP contribution in [0.25, 0.3) is 0 Å². The minimum absolute atomic E-state index is 0.0307. The Morgan fingerprint density at radius 1 is 1.17 bits per heavy atom. The number of amides is 1. The first-order chi connectivity index (χ1) is 14.1. The molecule has 1 aliphatic rings. The zero-order valence-electron chi connectivity index (χ0n) is 16.7. The lowest BCUT2D eigenvalue weighted by Crippen LogP contribution is -2.40. The van der Waals surface area contributed by atoms with Gasteiger partial charge in [0.1, 0.15) is 0 Å². The number of fused-ring (bicyclic) bond motifs is 1. The second-order valence-corrected chi connectivity index (χ2v) is 6.80. The van der Waals surface area contributed by atoms with Crippen molar-refractivity contribution in [1.29, 1.82) is 0 Å². The average Bonchev–Trinajstić information content (AvgIpc) is 2.75. The lowest BCUT2D eigenvalue weighted by atomic mass is 9.90. The zero-order chi connectivity index (χ0) is 20.6. The van der Waals surface area contributed by atoms with Gasteiger partial charge in [0.15, 0.2) is 5.96 Å². The fraction of sp³-hybridized carbons (Fsp3) is 0.318. The molecule has 0 spiro atoms. The molecular formula is C22H26N4O3. The molecule has 1 unspecified atom stereocenters. The highest BCUT2D eigenvalue weighted by Gasteiger charge is 2.24. The molecule has 0 aliphatic carbocycles. The Labute approximate surface area is 170 Å². The molecule has 0 aromatic heterocycles. The molecule has 0 bridgehead atoms. The van der Waals surface area contributed by atoms with Crippen molar-refractivity contribution < 1.29 is 14.3 Å². The molecule has 152 valence electrons. The minimum Gasteiger partial charge on any atom is -0.465 e. The predicted octanol–water partition coefficient (Wildman–Crippen LogP) is 2.65. The van der Waals surface area contributed by atoms with Crippen molar-refractivity contribution in [3.05, 3.63) is 65.2 Å². The molecule has 1 atom stereocenters. The molecule has 3 N–H and O–H groups in total. The van der Waals surface area contributed by atoms with Gasteiger partial charge in [-0.3, -0.25) is 4.79 Å². The summed E-state index contributed by atoms with van der Waals surface area (Å²) in [5, 5.41) is 9.50. The minimum atomic E-state index is -0.355. The Kier molecular flexibility index (Phi) is 6.84. The number of para-hydroxylation sites is 1. The fourth-order valence-electron chi connectivity index (χ4n) is 3.28. The van der Waals surface area contributed by atoms with E-state index in [9.17, 15) is 9.59 Å². The first kappa shape index (κ1) is 20.4. The Morgan fingerprint density at radius 2 is 1.93 bits per heavy atom. The zero-order valence-corrected chi connectivity index (χ0v) is 16.7. The van der Waals surface area contributed by atoms with Crippen molar-refractivity contribution in [2.45, 2.75) is 25.8 Å². The van der Waals surface area contributed by atoms with Crippen LogP contribution in [0.2, 0.25) is 0 Å². The number of nitrogens with one attached hydrogen (secondary N) is 3. The van der Waals surface area contributed by atoms with Gasteiger partial charge in [0.25, 0.3) is 0 Å². The van der Waals surface area contributed by atoms with Gasteiger partial charge in [-0.2, -0.15) is 0 Å². The smallest absolute Gasteiger partial charge is 0.337 e. The number of anilines is 1. The summed E-state index contributed by atoms with van der Waals surface area (Å²) in [6.45, 7) is 3.82. The lowest BCUT2D eigenvalue weighted by Gasteiger charge is -2.26. The normalized spacial score (nSPS) is 15.9. The van der Waals surface area contributed by atoms with E-state index in [0.29, 0.717) is 31.0 Å². The van der Waals surface area contributed by atoms with Crippen molar-refractivity contribution in [3.63, 3.8) is 0 Å². The van der Waals surface area contributed by atoms with Gasteiger partial charge in [0.2, 0.25) is 5.91 Å². The fourth-order valence-corrected chi connectivity index (χ4v) is 3.28. The van der Waals surface area contributed by atoms with E-state index in [0.717, 1.165) is 23.4 Å². The monoisotopic (exact) mass is 394 g/mol. The maximum atomic E-state index is 12.0. The first-order valence-electron chi connectivity index (χ1n) is 9.69. The highest BCUT2D eigenvalue weighted by atomic mass is 16.5. The molecule has 7 heteroatoms. The largest absolute Gasteiger partial charge is 0.465 e. The number of aliphatic imine (C=N–C) groups is 1. The van der Waals surface area contributed by atoms with E-state index in [-0.39, 0.29) is 17.8 Å². The summed E-state index contributed by atoms with van der Waals surface area (Å²) in [6, 6.07) is 15.1. The number of nitrogens with zero attached hydrogens (tertiary/aromatic N) is 1. The van der Waals surface area contributed by atoms with Crippen LogP contribution < -0.4 is 16.0 Å². The SMILES string of the molecule is CCNC(=NCc1ccc(C(=O)OC)cc1)NCC1CC(=O)Nc2ccccc21. The van der Waals surface area contributed by atoms with Gasteiger partial charge >= 0.3 is 5.97 Å². The van der Waals surface area contributed by atoms with Crippen molar-refractivity contribution in [1.82, 2.24) is 10.6 Å². The van der Waals surface area contributed by atoms with Crippen LogP contribution in [0.3, 0.4) is 0 Å². The molecule has 1 heterocycles. The van der Waals surface area contributed by atoms with Gasteiger partial charge in [-0.25, -0.2) is 9.79 Å². The van der Waals surface area contributed by atoms with Crippen LogP contribution in [0, 0.1) is 0 Å². The molecule has 1 amide bonds. The van der Waals surface area contributed by atoms with E-state index in [1.165, 1.54) is 7.11 Å². The summed E-state index contributed by atoms with van der Waals surface area (Å²) in [7, 11) is 1.36. The number of guanidine groups is 1. The molecule has 0 saturated heterocycles. The van der Waals surface area contributed by atoms with Crippen LogP contribution in [0.5, 0.6) is 0 Å². The van der Waals surface area contributed by atoms with Gasteiger partial charge in [0.05, 0.1) is 19.2 Å². The average molecular weight is 394 g/mol. The third-order valence-corrected chi connectivity index (χ3v) is 4.76. The number of carbonyl (C=O) groups is 2. The number of benzene rings is 2. The third-order valence-electron chi connectivity index (χ3n) is 4.76. The number of ether oxygens (including phenoxy) is 1. The molecule has 1 aliphatic heterocycles. The summed E-state index contributed by atoms with van der Waals surface area (Å²) in [6.07, 6.45) is 0.443. The predicted molar refractivity (Wildman–Crippen MR) is 113 cm³/mol. The highest BCUT2D eigenvalue weighted by Crippen LogP contribution is 2.31. The van der Waals surface area contributed by atoms with Crippen molar-refractivity contribution in [3.8, 4) is 0 Å². The lowest BCUT2D eigenvalue weighted by molar-refractivity contribution is -0.116. The van der Waals surface area contributed by atoms with Gasteiger partial charge in [-0.1, -0.05) is 30.3 Å². The van der Waals surface area contributed by atoms with Crippen molar-refractivity contribution >= 4 is 23.5 Å². The van der Waals surface area contributed by atoms with Gasteiger partial charge in [-0.15, -0.1) is 0 Å². The Bertz CT molecular complexity index is 893. The second-order valence-electron chi connectivity index (χ2n) is 6.80. The van der Waals surface area contributed by atoms with Gasteiger partial charge < -0.3 is 20.7 Å². The van der Waals surface area contributed by atoms with E-state index in [2.05, 4.69) is 20.9 Å². The number of rotatable bonds is 6. The van der Waals surface area contributed by atoms with Gasteiger partial charge in [-0.05, 0) is 36.2 Å². The van der Waals surface area contributed by atoms with E-state index >= 15 is 0 Å². The standard InChI is InChI=1S/C22H26N4O3/c1-3-23-22(24-13-15-8-10-16(11-9-15)21(28)29-2)25-14-17-12-20(27)26-19-7-5-4-6-18(17)19/h4-11,17H,3,12-14H2,1-2H3,(H,26,27)(H2,23,24,25). The second kappa shape index (κ2) is 9.73. The molecule has 2 aromatic carbocycles. The number of hydrogen-bond donors (Lipinski definition) is 3. The van der Waals surface area contributed by atoms with E-state index in [1.54, 1.807) is 12.1 Å². The maximum absolute atomic E-state index is 12.0. The van der Waals surface area contributed by atoms with Crippen molar-refractivity contribution in [2.24, 2.45) is 4.99 Å². The third kappa shape index (κ3) is 5.34. The van der Waals surface area contributed by atoms with Crippen LogP contribution in [-0.4, -0.2) is 38.0 Å². The van der Waals surface area contributed by atoms with Crippen LogP contribution in [0.4, 0.5) is 5.69 Å². The molecule has 0 radical (unpaired) electrons. The maximum Gasteiger partial charge on any atom is 0.337 e. The van der Waals surface area contributed by atoms with E-state index < -0.39 is 0 Å². The number of hydrogen-bond acceptors (Lipinski definition) is 4. The highest BCUT2D eigenvalue weighted by molar-refractivity contribution is 5.94. The van der Waals surface area contributed by atoms with Gasteiger partial charge in [0, 0.05) is 31.1 Å². The first-order valence-corrected chi connectivity index (χ1v) is 9.69. The number of esters is 1. The Morgan fingerprint density at radius 3 is 2.66 bits per heavy atom. The van der Waals surface area contributed by atoms with Crippen LogP contribution in [-0.2, 0) is 16.1 Å². The number of methoxy groups -OCH3 is 1. The van der Waals surface area contributed by atoms with Crippen LogP contribution >= 0.6 is 0 Å². The molecule has 0 saturated carbocycles. The molecule has 2 aromatic rings.